The van der Waals surface area contributed by atoms with Gasteiger partial charge in [-0.25, -0.2) is 4.79 Å². The molecule has 0 spiro atoms. The maximum Gasteiger partial charge on any atom is 0.342 e. The molecule has 0 saturated carbocycles. The van der Waals surface area contributed by atoms with E-state index in [0.717, 1.165) is 5.56 Å². The summed E-state index contributed by atoms with van der Waals surface area (Å²) in [6.45, 7) is 2.22. The summed E-state index contributed by atoms with van der Waals surface area (Å²) in [5.41, 5.74) is 1.17. The SMILES string of the molecule is CCOc1ccccc1C(=O)OCc1nnc(-c2ccccc2)o1. The van der Waals surface area contributed by atoms with E-state index in [1.54, 1.807) is 24.3 Å². The van der Waals surface area contributed by atoms with E-state index < -0.39 is 5.97 Å². The third-order valence-electron chi connectivity index (χ3n) is 3.22. The third-order valence-corrected chi connectivity index (χ3v) is 3.22. The average Bonchev–Trinajstić information content (AvgIpc) is 3.10. The number of nitrogens with zero attached hydrogens (tertiary/aromatic N) is 2. The second-order valence-electron chi connectivity index (χ2n) is 4.87. The lowest BCUT2D eigenvalue weighted by Crippen LogP contribution is -2.08. The fourth-order valence-electron chi connectivity index (χ4n) is 2.13. The van der Waals surface area contributed by atoms with Crippen LogP contribution in [-0.4, -0.2) is 22.8 Å². The maximum absolute atomic E-state index is 12.2. The quantitative estimate of drug-likeness (QED) is 0.646. The Morgan fingerprint density at radius 1 is 1.04 bits per heavy atom. The van der Waals surface area contributed by atoms with Crippen LogP contribution in [0.4, 0.5) is 0 Å². The number of carbonyl (C=O) groups is 1. The lowest BCUT2D eigenvalue weighted by atomic mass is 10.2. The van der Waals surface area contributed by atoms with E-state index in [4.69, 9.17) is 13.9 Å². The molecule has 0 amide bonds. The minimum absolute atomic E-state index is 0.0981. The first-order valence-corrected chi connectivity index (χ1v) is 7.54. The molecule has 0 aliphatic heterocycles. The molecule has 0 aliphatic carbocycles. The smallest absolute Gasteiger partial charge is 0.342 e. The average molecular weight is 324 g/mol. The molecule has 0 unspecified atom stereocenters. The van der Waals surface area contributed by atoms with Gasteiger partial charge in [-0.15, -0.1) is 10.2 Å². The van der Waals surface area contributed by atoms with Gasteiger partial charge in [0.2, 0.25) is 5.89 Å². The molecule has 6 heteroatoms. The van der Waals surface area contributed by atoms with E-state index >= 15 is 0 Å². The first-order chi connectivity index (χ1) is 11.8. The van der Waals surface area contributed by atoms with Crippen molar-refractivity contribution in [2.24, 2.45) is 0 Å². The van der Waals surface area contributed by atoms with Gasteiger partial charge in [-0.1, -0.05) is 30.3 Å². The van der Waals surface area contributed by atoms with Crippen molar-refractivity contribution in [3.8, 4) is 17.2 Å². The molecule has 2 aromatic carbocycles. The minimum Gasteiger partial charge on any atom is -0.493 e. The van der Waals surface area contributed by atoms with Crippen molar-refractivity contribution in [1.29, 1.82) is 0 Å². The van der Waals surface area contributed by atoms with Crippen LogP contribution in [0.5, 0.6) is 5.75 Å². The number of hydrogen-bond donors (Lipinski definition) is 0. The molecule has 6 nitrogen and oxygen atoms in total. The monoisotopic (exact) mass is 324 g/mol. The van der Waals surface area contributed by atoms with Crippen LogP contribution in [0.2, 0.25) is 0 Å². The van der Waals surface area contributed by atoms with E-state index in [-0.39, 0.29) is 12.5 Å². The van der Waals surface area contributed by atoms with Crippen LogP contribution in [0, 0.1) is 0 Å². The Morgan fingerprint density at radius 3 is 2.58 bits per heavy atom. The molecule has 0 bridgehead atoms. The van der Waals surface area contributed by atoms with E-state index in [2.05, 4.69) is 10.2 Å². The van der Waals surface area contributed by atoms with Crippen LogP contribution >= 0.6 is 0 Å². The molecule has 0 fully saturated rings. The maximum atomic E-state index is 12.2. The van der Waals surface area contributed by atoms with Gasteiger partial charge in [0.1, 0.15) is 11.3 Å². The van der Waals surface area contributed by atoms with Gasteiger partial charge in [-0.05, 0) is 31.2 Å². The van der Waals surface area contributed by atoms with Gasteiger partial charge in [0.05, 0.1) is 6.61 Å². The van der Waals surface area contributed by atoms with Crippen molar-refractivity contribution < 1.29 is 18.7 Å². The van der Waals surface area contributed by atoms with Crippen LogP contribution < -0.4 is 4.74 Å². The van der Waals surface area contributed by atoms with Crippen LogP contribution in [0.3, 0.4) is 0 Å². The highest BCUT2D eigenvalue weighted by Crippen LogP contribution is 2.20. The molecule has 0 aliphatic rings. The second kappa shape index (κ2) is 7.41. The summed E-state index contributed by atoms with van der Waals surface area (Å²) in [7, 11) is 0. The number of ether oxygens (including phenoxy) is 2. The molecule has 3 rings (SSSR count). The van der Waals surface area contributed by atoms with E-state index in [1.807, 2.05) is 37.3 Å². The third kappa shape index (κ3) is 3.60. The lowest BCUT2D eigenvalue weighted by molar-refractivity contribution is 0.0434. The molecule has 0 saturated heterocycles. The molecule has 0 atom stereocenters. The zero-order chi connectivity index (χ0) is 16.8. The van der Waals surface area contributed by atoms with Crippen molar-refractivity contribution in [3.05, 3.63) is 66.1 Å². The summed E-state index contributed by atoms with van der Waals surface area (Å²) in [5, 5.41) is 7.84. The number of rotatable bonds is 6. The predicted molar refractivity (Wildman–Crippen MR) is 86.5 cm³/mol. The molecule has 122 valence electrons. The van der Waals surface area contributed by atoms with Gasteiger partial charge in [0.15, 0.2) is 6.61 Å². The highest BCUT2D eigenvalue weighted by Gasteiger charge is 2.15. The lowest BCUT2D eigenvalue weighted by Gasteiger charge is -2.08. The van der Waals surface area contributed by atoms with Gasteiger partial charge >= 0.3 is 5.97 Å². The zero-order valence-electron chi connectivity index (χ0n) is 13.1. The highest BCUT2D eigenvalue weighted by molar-refractivity contribution is 5.92. The van der Waals surface area contributed by atoms with Crippen molar-refractivity contribution in [2.45, 2.75) is 13.5 Å². The number of benzene rings is 2. The van der Waals surface area contributed by atoms with Crippen molar-refractivity contribution >= 4 is 5.97 Å². The van der Waals surface area contributed by atoms with E-state index in [0.29, 0.717) is 23.8 Å². The fourth-order valence-corrected chi connectivity index (χ4v) is 2.13. The van der Waals surface area contributed by atoms with Crippen LogP contribution in [0.25, 0.3) is 11.5 Å². The number of carbonyl (C=O) groups excluding carboxylic acids is 1. The standard InChI is InChI=1S/C18H16N2O4/c1-2-22-15-11-7-6-10-14(15)18(21)23-12-16-19-20-17(24-16)13-8-4-3-5-9-13/h3-11H,2,12H2,1H3. The Kier molecular flexibility index (Phi) is 4.86. The normalized spacial score (nSPS) is 10.4. The molecule has 1 aromatic heterocycles. The molecular formula is C18H16N2O4. The zero-order valence-corrected chi connectivity index (χ0v) is 13.1. The van der Waals surface area contributed by atoms with Gasteiger partial charge in [0, 0.05) is 5.56 Å². The van der Waals surface area contributed by atoms with Gasteiger partial charge in [0.25, 0.3) is 5.89 Å². The Labute approximate surface area is 139 Å². The number of hydrogen-bond acceptors (Lipinski definition) is 6. The van der Waals surface area contributed by atoms with E-state index in [1.165, 1.54) is 0 Å². The molecule has 0 radical (unpaired) electrons. The summed E-state index contributed by atoms with van der Waals surface area (Å²) < 4.78 is 16.2. The molecule has 0 N–H and O–H groups in total. The number of para-hydroxylation sites is 1. The van der Waals surface area contributed by atoms with Crippen molar-refractivity contribution in [3.63, 3.8) is 0 Å². The molecule has 3 aromatic rings. The topological polar surface area (TPSA) is 74.5 Å². The van der Waals surface area contributed by atoms with Gasteiger partial charge < -0.3 is 13.9 Å². The summed E-state index contributed by atoms with van der Waals surface area (Å²) in [6.07, 6.45) is 0. The summed E-state index contributed by atoms with van der Waals surface area (Å²) in [4.78, 5) is 12.2. The fraction of sp³-hybridized carbons (Fsp3) is 0.167. The van der Waals surface area contributed by atoms with Gasteiger partial charge in [-0.3, -0.25) is 0 Å². The predicted octanol–water partition coefficient (Wildman–Crippen LogP) is 3.49. The Morgan fingerprint density at radius 2 is 1.79 bits per heavy atom. The molecular weight excluding hydrogens is 308 g/mol. The Balaban J connectivity index is 1.66. The van der Waals surface area contributed by atoms with Crippen LogP contribution in [-0.2, 0) is 11.3 Å². The highest BCUT2D eigenvalue weighted by atomic mass is 16.5. The molecule has 24 heavy (non-hydrogen) atoms. The van der Waals surface area contributed by atoms with E-state index in [9.17, 15) is 4.79 Å². The first kappa shape index (κ1) is 15.7. The number of aromatic nitrogens is 2. The second-order valence-corrected chi connectivity index (χ2v) is 4.87. The summed E-state index contributed by atoms with van der Waals surface area (Å²) >= 11 is 0. The Bertz CT molecular complexity index is 815. The number of esters is 1. The van der Waals surface area contributed by atoms with Crippen molar-refractivity contribution in [1.82, 2.24) is 10.2 Å². The van der Waals surface area contributed by atoms with Crippen LogP contribution in [0.15, 0.2) is 59.0 Å². The van der Waals surface area contributed by atoms with Gasteiger partial charge in [-0.2, -0.15) is 0 Å². The minimum atomic E-state index is -0.501. The van der Waals surface area contributed by atoms with Crippen LogP contribution in [0.1, 0.15) is 23.2 Å². The van der Waals surface area contributed by atoms with Crippen molar-refractivity contribution in [2.75, 3.05) is 6.61 Å². The molecule has 1 heterocycles. The largest absolute Gasteiger partial charge is 0.493 e. The first-order valence-electron chi connectivity index (χ1n) is 7.54. The summed E-state index contributed by atoms with van der Waals surface area (Å²) in [6, 6.07) is 16.3. The summed E-state index contributed by atoms with van der Waals surface area (Å²) in [5.74, 6) is 0.603. The Hall–Kier alpha value is -3.15.